The molecular formula is C17H18ClNO5S. The van der Waals surface area contributed by atoms with Crippen LogP contribution < -0.4 is 14.8 Å². The van der Waals surface area contributed by atoms with Gasteiger partial charge >= 0.3 is 0 Å². The summed E-state index contributed by atoms with van der Waals surface area (Å²) in [5, 5.41) is 2.84. The maximum Gasteiger partial charge on any atom is 0.255 e. The average Bonchev–Trinajstić information content (AvgIpc) is 2.56. The molecule has 0 radical (unpaired) electrons. The Morgan fingerprint density at radius 3 is 2.48 bits per heavy atom. The van der Waals surface area contributed by atoms with Gasteiger partial charge in [0, 0.05) is 11.8 Å². The van der Waals surface area contributed by atoms with Gasteiger partial charge in [-0.05, 0) is 43.3 Å². The van der Waals surface area contributed by atoms with Crippen molar-refractivity contribution in [2.45, 2.75) is 11.8 Å². The summed E-state index contributed by atoms with van der Waals surface area (Å²) in [6.07, 6.45) is 1.08. The number of rotatable bonds is 6. The second-order valence-electron chi connectivity index (χ2n) is 5.17. The molecule has 0 saturated carbocycles. The first-order valence-electron chi connectivity index (χ1n) is 7.38. The SMILES string of the molecule is CCOc1ccc(C(=O)Nc2cc(S(C)(=O)=O)ccc2Cl)cc1OC. The van der Waals surface area contributed by atoms with Gasteiger partial charge in [-0.2, -0.15) is 0 Å². The van der Waals surface area contributed by atoms with E-state index >= 15 is 0 Å². The van der Waals surface area contributed by atoms with Crippen molar-refractivity contribution in [1.29, 1.82) is 0 Å². The fourth-order valence-corrected chi connectivity index (χ4v) is 2.92. The smallest absolute Gasteiger partial charge is 0.255 e. The molecule has 134 valence electrons. The molecule has 0 bridgehead atoms. The lowest BCUT2D eigenvalue weighted by atomic mass is 10.2. The third kappa shape index (κ3) is 4.64. The molecule has 0 atom stereocenters. The van der Waals surface area contributed by atoms with Gasteiger partial charge in [0.05, 0.1) is 29.3 Å². The lowest BCUT2D eigenvalue weighted by Crippen LogP contribution is -2.13. The topological polar surface area (TPSA) is 81.7 Å². The van der Waals surface area contributed by atoms with E-state index in [1.54, 1.807) is 12.1 Å². The van der Waals surface area contributed by atoms with Gasteiger partial charge in [0.25, 0.3) is 5.91 Å². The average molecular weight is 384 g/mol. The van der Waals surface area contributed by atoms with Crippen molar-refractivity contribution in [1.82, 2.24) is 0 Å². The molecule has 2 aromatic carbocycles. The number of methoxy groups -OCH3 is 1. The largest absolute Gasteiger partial charge is 0.493 e. The first-order valence-corrected chi connectivity index (χ1v) is 9.65. The summed E-state index contributed by atoms with van der Waals surface area (Å²) in [5.74, 6) is 0.498. The molecule has 8 heteroatoms. The number of carbonyl (C=O) groups is 1. The van der Waals surface area contributed by atoms with Gasteiger partial charge in [-0.1, -0.05) is 11.6 Å². The van der Waals surface area contributed by atoms with E-state index in [1.807, 2.05) is 6.92 Å². The third-order valence-corrected chi connectivity index (χ3v) is 4.78. The van der Waals surface area contributed by atoms with Crippen molar-refractivity contribution in [2.24, 2.45) is 0 Å². The Labute approximate surface area is 151 Å². The number of anilines is 1. The van der Waals surface area contributed by atoms with Crippen LogP contribution in [0.3, 0.4) is 0 Å². The standard InChI is InChI=1S/C17H18ClNO5S/c1-4-24-15-8-5-11(9-16(15)23-2)17(20)19-14-10-12(25(3,21)22)6-7-13(14)18/h5-10H,4H2,1-3H3,(H,19,20). The molecule has 0 aromatic heterocycles. The molecule has 1 amide bonds. The van der Waals surface area contributed by atoms with Crippen molar-refractivity contribution in [3.63, 3.8) is 0 Å². The third-order valence-electron chi connectivity index (χ3n) is 3.34. The highest BCUT2D eigenvalue weighted by atomic mass is 35.5. The Hall–Kier alpha value is -2.25. The van der Waals surface area contributed by atoms with E-state index in [2.05, 4.69) is 5.32 Å². The fourth-order valence-electron chi connectivity index (χ4n) is 2.11. The molecule has 0 aliphatic heterocycles. The molecule has 2 aromatic rings. The van der Waals surface area contributed by atoms with E-state index in [1.165, 1.54) is 31.4 Å². The Balaban J connectivity index is 2.31. The number of carbonyl (C=O) groups excluding carboxylic acids is 1. The van der Waals surface area contributed by atoms with E-state index in [0.29, 0.717) is 23.7 Å². The van der Waals surface area contributed by atoms with Crippen LogP contribution in [0.25, 0.3) is 0 Å². The second-order valence-corrected chi connectivity index (χ2v) is 7.59. The van der Waals surface area contributed by atoms with Crippen molar-refractivity contribution in [2.75, 3.05) is 25.3 Å². The van der Waals surface area contributed by atoms with Crippen LogP contribution in [0.4, 0.5) is 5.69 Å². The van der Waals surface area contributed by atoms with Crippen LogP contribution in [-0.2, 0) is 9.84 Å². The number of hydrogen-bond donors (Lipinski definition) is 1. The summed E-state index contributed by atoms with van der Waals surface area (Å²) in [5.41, 5.74) is 0.531. The van der Waals surface area contributed by atoms with Gasteiger partial charge in [-0.15, -0.1) is 0 Å². The van der Waals surface area contributed by atoms with E-state index in [9.17, 15) is 13.2 Å². The quantitative estimate of drug-likeness (QED) is 0.826. The molecule has 0 aliphatic rings. The van der Waals surface area contributed by atoms with Gasteiger partial charge < -0.3 is 14.8 Å². The number of halogens is 1. The first kappa shape index (κ1) is 19.1. The van der Waals surface area contributed by atoms with Crippen molar-refractivity contribution in [3.05, 3.63) is 47.0 Å². The van der Waals surface area contributed by atoms with Gasteiger partial charge in [-0.3, -0.25) is 4.79 Å². The van der Waals surface area contributed by atoms with Crippen LogP contribution in [-0.4, -0.2) is 34.3 Å². The van der Waals surface area contributed by atoms with Crippen molar-refractivity contribution < 1.29 is 22.7 Å². The molecule has 0 heterocycles. The summed E-state index contributed by atoms with van der Waals surface area (Å²) in [4.78, 5) is 12.5. The number of benzene rings is 2. The zero-order valence-corrected chi connectivity index (χ0v) is 15.6. The van der Waals surface area contributed by atoms with E-state index in [4.69, 9.17) is 21.1 Å². The fraction of sp³-hybridized carbons (Fsp3) is 0.235. The number of ether oxygens (including phenoxy) is 2. The van der Waals surface area contributed by atoms with E-state index in [-0.39, 0.29) is 15.6 Å². The maximum atomic E-state index is 12.4. The van der Waals surface area contributed by atoms with Crippen LogP contribution in [0.1, 0.15) is 17.3 Å². The maximum absolute atomic E-state index is 12.4. The van der Waals surface area contributed by atoms with Gasteiger partial charge in [-0.25, -0.2) is 8.42 Å². The Bertz CT molecular complexity index is 896. The predicted octanol–water partition coefficient (Wildman–Crippen LogP) is 3.40. The van der Waals surface area contributed by atoms with Crippen LogP contribution in [0.15, 0.2) is 41.3 Å². The normalized spacial score (nSPS) is 11.0. The molecular weight excluding hydrogens is 366 g/mol. The molecule has 0 aliphatic carbocycles. The zero-order chi connectivity index (χ0) is 18.6. The molecule has 2 rings (SSSR count). The number of hydrogen-bond acceptors (Lipinski definition) is 5. The number of sulfone groups is 1. The minimum atomic E-state index is -3.41. The van der Waals surface area contributed by atoms with Crippen molar-refractivity contribution in [3.8, 4) is 11.5 Å². The highest BCUT2D eigenvalue weighted by Crippen LogP contribution is 2.29. The lowest BCUT2D eigenvalue weighted by Gasteiger charge is -2.12. The summed E-state index contributed by atoms with van der Waals surface area (Å²) in [7, 11) is -1.93. The van der Waals surface area contributed by atoms with Gasteiger partial charge in [0.1, 0.15) is 0 Å². The summed E-state index contributed by atoms with van der Waals surface area (Å²) < 4.78 is 33.9. The van der Waals surface area contributed by atoms with Crippen LogP contribution >= 0.6 is 11.6 Å². The Kier molecular flexibility index (Phi) is 5.92. The predicted molar refractivity (Wildman–Crippen MR) is 96.7 cm³/mol. The molecule has 0 saturated heterocycles. The van der Waals surface area contributed by atoms with Crippen LogP contribution in [0.5, 0.6) is 11.5 Å². The van der Waals surface area contributed by atoms with Gasteiger partial charge in [0.2, 0.25) is 0 Å². The Morgan fingerprint density at radius 2 is 1.88 bits per heavy atom. The molecule has 0 fully saturated rings. The summed E-state index contributed by atoms with van der Waals surface area (Å²) in [6.45, 7) is 2.31. The number of nitrogens with one attached hydrogen (secondary N) is 1. The number of amides is 1. The summed E-state index contributed by atoms with van der Waals surface area (Å²) >= 11 is 6.05. The van der Waals surface area contributed by atoms with Crippen molar-refractivity contribution >= 4 is 33.0 Å². The minimum Gasteiger partial charge on any atom is -0.493 e. The van der Waals surface area contributed by atoms with E-state index in [0.717, 1.165) is 6.26 Å². The lowest BCUT2D eigenvalue weighted by molar-refractivity contribution is 0.102. The molecule has 0 unspecified atom stereocenters. The highest BCUT2D eigenvalue weighted by molar-refractivity contribution is 7.90. The van der Waals surface area contributed by atoms with Gasteiger partial charge in [0.15, 0.2) is 21.3 Å². The van der Waals surface area contributed by atoms with Crippen LogP contribution in [0, 0.1) is 0 Å². The second kappa shape index (κ2) is 7.76. The molecule has 1 N–H and O–H groups in total. The molecule has 25 heavy (non-hydrogen) atoms. The molecule has 6 nitrogen and oxygen atoms in total. The monoisotopic (exact) mass is 383 g/mol. The van der Waals surface area contributed by atoms with E-state index < -0.39 is 15.7 Å². The first-order chi connectivity index (χ1) is 11.8. The Morgan fingerprint density at radius 1 is 1.16 bits per heavy atom. The minimum absolute atomic E-state index is 0.0662. The molecule has 0 spiro atoms. The highest BCUT2D eigenvalue weighted by Gasteiger charge is 2.15. The summed E-state index contributed by atoms with van der Waals surface area (Å²) in [6, 6.07) is 8.87. The zero-order valence-electron chi connectivity index (χ0n) is 14.0. The van der Waals surface area contributed by atoms with Crippen LogP contribution in [0.2, 0.25) is 5.02 Å².